The SMILES string of the molecule is Nc1ccccc1.Oc1ccccc1.S. The fourth-order valence-electron chi connectivity index (χ4n) is 0.881. The number of aromatic hydroxyl groups is 1. The third-order valence-electron chi connectivity index (χ3n) is 1.56. The fourth-order valence-corrected chi connectivity index (χ4v) is 0.881. The van der Waals surface area contributed by atoms with Crippen LogP contribution in [0.4, 0.5) is 5.69 Å². The molecule has 0 saturated heterocycles. The Morgan fingerprint density at radius 3 is 1.33 bits per heavy atom. The highest BCUT2D eigenvalue weighted by molar-refractivity contribution is 7.59. The van der Waals surface area contributed by atoms with Crippen LogP contribution >= 0.6 is 13.5 Å². The second kappa shape index (κ2) is 7.76. The van der Waals surface area contributed by atoms with E-state index in [0.29, 0.717) is 5.75 Å². The van der Waals surface area contributed by atoms with E-state index < -0.39 is 0 Å². The molecular formula is C12H15NOS. The number of nitrogens with two attached hydrogens (primary N) is 1. The molecule has 0 spiro atoms. The molecule has 2 aromatic carbocycles. The van der Waals surface area contributed by atoms with Crippen molar-refractivity contribution in [3.8, 4) is 5.75 Å². The van der Waals surface area contributed by atoms with Crippen molar-refractivity contribution in [2.45, 2.75) is 0 Å². The summed E-state index contributed by atoms with van der Waals surface area (Å²) in [7, 11) is 0. The summed E-state index contributed by atoms with van der Waals surface area (Å²) in [5, 5.41) is 8.63. The molecule has 0 fully saturated rings. The standard InChI is InChI=1S/C6H7N.C6H6O.H2S/c2*7-6-4-2-1-3-5-6;/h1-5H,7H2;1-5,7H;1H2. The van der Waals surface area contributed by atoms with Gasteiger partial charge in [0.25, 0.3) is 0 Å². The van der Waals surface area contributed by atoms with Gasteiger partial charge in [0, 0.05) is 5.69 Å². The second-order valence-electron chi connectivity index (χ2n) is 2.75. The van der Waals surface area contributed by atoms with Crippen LogP contribution in [-0.4, -0.2) is 5.11 Å². The van der Waals surface area contributed by atoms with Crippen LogP contribution in [0, 0.1) is 0 Å². The highest BCUT2D eigenvalue weighted by Crippen LogP contribution is 2.02. The molecule has 3 N–H and O–H groups in total. The lowest BCUT2D eigenvalue weighted by atomic mass is 10.3. The van der Waals surface area contributed by atoms with Crippen molar-refractivity contribution in [2.75, 3.05) is 5.73 Å². The zero-order chi connectivity index (χ0) is 10.2. The largest absolute Gasteiger partial charge is 0.508 e. The molecule has 0 aliphatic heterocycles. The summed E-state index contributed by atoms with van der Waals surface area (Å²) < 4.78 is 0. The smallest absolute Gasteiger partial charge is 0.115 e. The Morgan fingerprint density at radius 2 is 1.13 bits per heavy atom. The maximum atomic E-state index is 8.63. The topological polar surface area (TPSA) is 46.2 Å². The Balaban J connectivity index is 0.000000245. The molecule has 0 radical (unpaired) electrons. The number of hydrogen-bond donors (Lipinski definition) is 2. The Kier molecular flexibility index (Phi) is 6.93. The minimum atomic E-state index is 0. The maximum absolute atomic E-state index is 8.63. The molecule has 0 aliphatic carbocycles. The first-order valence-electron chi connectivity index (χ1n) is 4.33. The number of nitrogen functional groups attached to an aromatic ring is 1. The quantitative estimate of drug-likeness (QED) is 0.672. The van der Waals surface area contributed by atoms with Crippen molar-refractivity contribution in [1.29, 1.82) is 0 Å². The minimum Gasteiger partial charge on any atom is -0.508 e. The van der Waals surface area contributed by atoms with E-state index in [1.165, 1.54) is 0 Å². The van der Waals surface area contributed by atoms with Gasteiger partial charge in [-0.25, -0.2) is 0 Å². The number of rotatable bonds is 0. The molecule has 0 saturated carbocycles. The normalized spacial score (nSPS) is 8.00. The highest BCUT2D eigenvalue weighted by atomic mass is 32.1. The van der Waals surface area contributed by atoms with Gasteiger partial charge < -0.3 is 10.8 Å². The number of phenolic OH excluding ortho intramolecular Hbond substituents is 1. The molecular weight excluding hydrogens is 206 g/mol. The van der Waals surface area contributed by atoms with Crippen LogP contribution in [0.1, 0.15) is 0 Å². The molecule has 0 aromatic heterocycles. The molecule has 0 heterocycles. The van der Waals surface area contributed by atoms with E-state index >= 15 is 0 Å². The van der Waals surface area contributed by atoms with Crippen LogP contribution in [0.3, 0.4) is 0 Å². The van der Waals surface area contributed by atoms with Gasteiger partial charge in [-0.2, -0.15) is 13.5 Å². The van der Waals surface area contributed by atoms with Crippen molar-refractivity contribution in [3.05, 3.63) is 60.7 Å². The van der Waals surface area contributed by atoms with Crippen LogP contribution < -0.4 is 5.73 Å². The third-order valence-corrected chi connectivity index (χ3v) is 1.56. The average Bonchev–Trinajstić information content (AvgIpc) is 2.21. The lowest BCUT2D eigenvalue weighted by molar-refractivity contribution is 0.475. The second-order valence-corrected chi connectivity index (χ2v) is 2.75. The molecule has 0 amide bonds. The van der Waals surface area contributed by atoms with Crippen LogP contribution in [0.25, 0.3) is 0 Å². The Hall–Kier alpha value is -1.61. The van der Waals surface area contributed by atoms with E-state index in [1.54, 1.807) is 24.3 Å². The zero-order valence-electron chi connectivity index (χ0n) is 8.30. The molecule has 0 atom stereocenters. The van der Waals surface area contributed by atoms with Crippen molar-refractivity contribution in [1.82, 2.24) is 0 Å². The lowest BCUT2D eigenvalue weighted by Crippen LogP contribution is -1.79. The van der Waals surface area contributed by atoms with Gasteiger partial charge >= 0.3 is 0 Å². The van der Waals surface area contributed by atoms with E-state index in [1.807, 2.05) is 36.4 Å². The van der Waals surface area contributed by atoms with Gasteiger partial charge in [-0.15, -0.1) is 0 Å². The first-order chi connectivity index (χ1) is 6.79. The first kappa shape index (κ1) is 13.4. The van der Waals surface area contributed by atoms with Gasteiger partial charge in [0.05, 0.1) is 0 Å². The third kappa shape index (κ3) is 6.46. The summed E-state index contributed by atoms with van der Waals surface area (Å²) >= 11 is 0. The Bertz CT molecular complexity index is 313. The molecule has 3 heteroatoms. The van der Waals surface area contributed by atoms with Gasteiger partial charge in [-0.3, -0.25) is 0 Å². The summed E-state index contributed by atoms with van der Waals surface area (Å²) in [6.07, 6.45) is 0. The summed E-state index contributed by atoms with van der Waals surface area (Å²) in [6.45, 7) is 0. The van der Waals surface area contributed by atoms with Crippen molar-refractivity contribution < 1.29 is 5.11 Å². The maximum Gasteiger partial charge on any atom is 0.115 e. The number of hydrogen-bond acceptors (Lipinski definition) is 2. The number of benzene rings is 2. The van der Waals surface area contributed by atoms with E-state index in [0.717, 1.165) is 5.69 Å². The fraction of sp³-hybridized carbons (Fsp3) is 0. The van der Waals surface area contributed by atoms with Crippen LogP contribution in [0.15, 0.2) is 60.7 Å². The van der Waals surface area contributed by atoms with E-state index in [-0.39, 0.29) is 13.5 Å². The first-order valence-corrected chi connectivity index (χ1v) is 4.33. The average molecular weight is 221 g/mol. The summed E-state index contributed by atoms with van der Waals surface area (Å²) in [4.78, 5) is 0. The van der Waals surface area contributed by atoms with Crippen LogP contribution in [0.5, 0.6) is 5.75 Å². The summed E-state index contributed by atoms with van der Waals surface area (Å²) in [5.74, 6) is 0.322. The summed E-state index contributed by atoms with van der Waals surface area (Å²) in [6, 6.07) is 18.2. The van der Waals surface area contributed by atoms with E-state index in [9.17, 15) is 0 Å². The molecule has 2 aromatic rings. The Morgan fingerprint density at radius 1 is 0.733 bits per heavy atom. The van der Waals surface area contributed by atoms with Gasteiger partial charge in [0.1, 0.15) is 5.75 Å². The van der Waals surface area contributed by atoms with Crippen LogP contribution in [0.2, 0.25) is 0 Å². The van der Waals surface area contributed by atoms with Gasteiger partial charge in [0.2, 0.25) is 0 Å². The number of para-hydroxylation sites is 2. The van der Waals surface area contributed by atoms with Gasteiger partial charge in [-0.05, 0) is 24.3 Å². The monoisotopic (exact) mass is 221 g/mol. The molecule has 2 nitrogen and oxygen atoms in total. The molecule has 80 valence electrons. The number of anilines is 1. The molecule has 2 rings (SSSR count). The molecule has 0 aliphatic rings. The Labute approximate surface area is 96.8 Å². The van der Waals surface area contributed by atoms with Crippen LogP contribution in [-0.2, 0) is 0 Å². The molecule has 15 heavy (non-hydrogen) atoms. The lowest BCUT2D eigenvalue weighted by Gasteiger charge is -1.83. The van der Waals surface area contributed by atoms with Crippen molar-refractivity contribution >= 4 is 19.2 Å². The van der Waals surface area contributed by atoms with Gasteiger partial charge in [0.15, 0.2) is 0 Å². The van der Waals surface area contributed by atoms with Crippen molar-refractivity contribution in [3.63, 3.8) is 0 Å². The predicted octanol–water partition coefficient (Wildman–Crippen LogP) is 2.77. The summed E-state index contributed by atoms with van der Waals surface area (Å²) in [5.41, 5.74) is 6.18. The van der Waals surface area contributed by atoms with E-state index in [4.69, 9.17) is 10.8 Å². The van der Waals surface area contributed by atoms with Crippen molar-refractivity contribution in [2.24, 2.45) is 0 Å². The number of phenols is 1. The van der Waals surface area contributed by atoms with Gasteiger partial charge in [-0.1, -0.05) is 36.4 Å². The zero-order valence-corrected chi connectivity index (χ0v) is 9.30. The molecule has 0 unspecified atom stereocenters. The molecule has 0 bridgehead atoms. The predicted molar refractivity (Wildman–Crippen MR) is 69.3 cm³/mol. The highest BCUT2D eigenvalue weighted by Gasteiger charge is 1.74. The minimum absolute atomic E-state index is 0. The van der Waals surface area contributed by atoms with E-state index in [2.05, 4.69) is 0 Å².